The number of benzene rings is 3. The number of halogens is 2. The minimum atomic E-state index is -3.91. The lowest BCUT2D eigenvalue weighted by Gasteiger charge is -2.21. The van der Waals surface area contributed by atoms with E-state index in [1.54, 1.807) is 36.4 Å². The van der Waals surface area contributed by atoms with E-state index in [4.69, 9.17) is 32.9 Å². The third-order valence-electron chi connectivity index (χ3n) is 8.85. The van der Waals surface area contributed by atoms with Crippen LogP contribution in [-0.4, -0.2) is 39.9 Å². The molecule has 252 valence electrons. The van der Waals surface area contributed by atoms with Crippen molar-refractivity contribution < 1.29 is 18.3 Å². The summed E-state index contributed by atoms with van der Waals surface area (Å²) in [6.07, 6.45) is 11.2. The summed E-state index contributed by atoms with van der Waals surface area (Å²) < 4.78 is 35.6. The number of ether oxygens (including phenoxy) is 1. The molecule has 0 radical (unpaired) electrons. The van der Waals surface area contributed by atoms with Crippen LogP contribution in [0.2, 0.25) is 10.0 Å². The van der Waals surface area contributed by atoms with Crippen LogP contribution < -0.4 is 13.8 Å². The van der Waals surface area contributed by atoms with E-state index in [9.17, 15) is 13.5 Å². The Balaban J connectivity index is 1.10. The highest BCUT2D eigenvalue weighted by molar-refractivity contribution is 7.91. The van der Waals surface area contributed by atoms with Crippen LogP contribution in [0.5, 0.6) is 5.88 Å². The molecule has 49 heavy (non-hydrogen) atoms. The smallest absolute Gasteiger partial charge is 0.330 e. The van der Waals surface area contributed by atoms with E-state index < -0.39 is 16.1 Å². The van der Waals surface area contributed by atoms with Gasteiger partial charge in [0.2, 0.25) is 11.8 Å². The normalized spacial score (nSPS) is 16.0. The molecule has 1 saturated carbocycles. The number of hydrogen-bond acceptors (Lipinski definition) is 7. The molecule has 0 amide bonds. The Morgan fingerprint density at radius 3 is 2.31 bits per heavy atom. The van der Waals surface area contributed by atoms with Gasteiger partial charge in [-0.3, -0.25) is 0 Å². The molecule has 2 aliphatic rings. The Morgan fingerprint density at radius 2 is 1.63 bits per heavy atom. The topological polar surface area (TPSA) is 122 Å². The molecule has 3 heterocycles. The standard InChI is InChI=1S/C36H34Cl2N6O4S/c37-27-10-15-30(31(38)21-27)33-22-43(28-11-13-29(14-12-28)44-23-35(45)42-49(44,46)47)34(39-33)20-25-6-8-26(9-7-25)32-16-17-36(41-40-32)48-19-18-24-4-2-1-3-5-24/h6-17,21-24,42,45H,1-5,18-20H2. The first-order chi connectivity index (χ1) is 23.7. The lowest BCUT2D eigenvalue weighted by Crippen LogP contribution is -2.29. The highest BCUT2D eigenvalue weighted by atomic mass is 35.5. The molecule has 2 N–H and O–H groups in total. The molecule has 1 aliphatic carbocycles. The molecule has 1 fully saturated rings. The predicted molar refractivity (Wildman–Crippen MR) is 191 cm³/mol. The average Bonchev–Trinajstić information content (AvgIpc) is 3.64. The van der Waals surface area contributed by atoms with Gasteiger partial charge < -0.3 is 14.4 Å². The average molecular weight is 718 g/mol. The fourth-order valence-electron chi connectivity index (χ4n) is 6.29. The quantitative estimate of drug-likeness (QED) is 0.149. The van der Waals surface area contributed by atoms with Crippen molar-refractivity contribution in [3.63, 3.8) is 0 Å². The lowest BCUT2D eigenvalue weighted by atomic mass is 9.87. The number of aromatic nitrogens is 4. The SMILES string of the molecule is O=S1(=O)NC(O)=CN1c1ccc(-n2cc(-c3ccc(Cl)cc3Cl)nc2Cc2ccc(-c3ccc(OCCC4CCCCC4)nn3)cc2)cc1. The van der Waals surface area contributed by atoms with E-state index in [-0.39, 0.29) is 0 Å². The molecule has 1 aliphatic heterocycles. The lowest BCUT2D eigenvalue weighted by molar-refractivity contribution is 0.238. The fraction of sp³-hybridized carbons (Fsp3) is 0.250. The van der Waals surface area contributed by atoms with Gasteiger partial charge in [-0.05, 0) is 66.4 Å². The summed E-state index contributed by atoms with van der Waals surface area (Å²) in [5, 5.41) is 19.4. The molecule has 0 spiro atoms. The number of aliphatic hydroxyl groups excluding tert-OH is 1. The maximum atomic E-state index is 12.4. The highest BCUT2D eigenvalue weighted by Gasteiger charge is 2.28. The number of rotatable bonds is 10. The summed E-state index contributed by atoms with van der Waals surface area (Å²) in [6, 6.07) is 24.1. The van der Waals surface area contributed by atoms with Crippen LogP contribution in [0.1, 0.15) is 49.9 Å². The molecule has 7 rings (SSSR count). The van der Waals surface area contributed by atoms with Gasteiger partial charge in [-0.15, -0.1) is 10.2 Å². The third-order valence-corrected chi connectivity index (χ3v) is 10.7. The molecular weight excluding hydrogens is 683 g/mol. The summed E-state index contributed by atoms with van der Waals surface area (Å²) in [4.78, 5) is 4.96. The van der Waals surface area contributed by atoms with Gasteiger partial charge in [0.05, 0.1) is 34.9 Å². The van der Waals surface area contributed by atoms with Crippen molar-refractivity contribution in [3.05, 3.63) is 119 Å². The van der Waals surface area contributed by atoms with Crippen LogP contribution in [0.4, 0.5) is 5.69 Å². The van der Waals surface area contributed by atoms with Gasteiger partial charge >= 0.3 is 10.2 Å². The molecule has 13 heteroatoms. The van der Waals surface area contributed by atoms with Gasteiger partial charge in [0.15, 0.2) is 0 Å². The van der Waals surface area contributed by atoms with E-state index >= 15 is 0 Å². The van der Waals surface area contributed by atoms with Crippen molar-refractivity contribution in [2.24, 2.45) is 5.92 Å². The van der Waals surface area contributed by atoms with E-state index in [2.05, 4.69) is 14.9 Å². The second kappa shape index (κ2) is 14.1. The Hall–Kier alpha value is -4.58. The maximum absolute atomic E-state index is 12.4. The minimum absolute atomic E-state index is 0.362. The first-order valence-corrected chi connectivity index (χ1v) is 18.3. The molecular formula is C36H34Cl2N6O4S. The van der Waals surface area contributed by atoms with Crippen molar-refractivity contribution in [1.82, 2.24) is 24.5 Å². The summed E-state index contributed by atoms with van der Waals surface area (Å²) in [5.41, 5.74) is 5.22. The third kappa shape index (κ3) is 7.54. The Bertz CT molecular complexity index is 2080. The van der Waals surface area contributed by atoms with E-state index in [1.165, 1.54) is 32.1 Å². The van der Waals surface area contributed by atoms with E-state index in [1.807, 2.05) is 53.2 Å². The molecule has 10 nitrogen and oxygen atoms in total. The zero-order valence-corrected chi connectivity index (χ0v) is 28.8. The number of imidazole rings is 1. The van der Waals surface area contributed by atoms with Gasteiger partial charge in [0.1, 0.15) is 5.82 Å². The minimum Gasteiger partial charge on any atom is -0.493 e. The molecule has 3 aromatic carbocycles. The largest absolute Gasteiger partial charge is 0.493 e. The Morgan fingerprint density at radius 1 is 0.878 bits per heavy atom. The number of nitrogens with one attached hydrogen (secondary N) is 1. The number of anilines is 1. The zero-order valence-electron chi connectivity index (χ0n) is 26.5. The predicted octanol–water partition coefficient (Wildman–Crippen LogP) is 8.25. The first-order valence-electron chi connectivity index (χ1n) is 16.1. The van der Waals surface area contributed by atoms with Crippen LogP contribution in [0.3, 0.4) is 0 Å². The second-order valence-electron chi connectivity index (χ2n) is 12.2. The van der Waals surface area contributed by atoms with Gasteiger partial charge in [0, 0.05) is 40.5 Å². The number of hydrogen-bond donors (Lipinski definition) is 2. The van der Waals surface area contributed by atoms with Crippen LogP contribution in [-0.2, 0) is 16.6 Å². The summed E-state index contributed by atoms with van der Waals surface area (Å²) in [5.74, 6) is 1.59. The van der Waals surface area contributed by atoms with Gasteiger partial charge in [0.25, 0.3) is 0 Å². The molecule has 0 unspecified atom stereocenters. The van der Waals surface area contributed by atoms with Crippen LogP contribution in [0.25, 0.3) is 28.2 Å². The monoisotopic (exact) mass is 716 g/mol. The van der Waals surface area contributed by atoms with Crippen LogP contribution in [0, 0.1) is 5.92 Å². The Kier molecular flexibility index (Phi) is 9.48. The second-order valence-corrected chi connectivity index (χ2v) is 14.6. The van der Waals surface area contributed by atoms with Crippen molar-refractivity contribution in [2.75, 3.05) is 10.9 Å². The summed E-state index contributed by atoms with van der Waals surface area (Å²) in [6.45, 7) is 0.666. The van der Waals surface area contributed by atoms with Crippen LogP contribution >= 0.6 is 23.2 Å². The summed E-state index contributed by atoms with van der Waals surface area (Å²) >= 11 is 12.7. The van der Waals surface area contributed by atoms with Crippen LogP contribution in [0.15, 0.2) is 97.1 Å². The zero-order chi connectivity index (χ0) is 34.0. The van der Waals surface area contributed by atoms with Gasteiger partial charge in [-0.1, -0.05) is 79.6 Å². The van der Waals surface area contributed by atoms with Crippen molar-refractivity contribution in [3.8, 4) is 34.1 Å². The number of aliphatic hydroxyl groups is 1. The molecule has 2 aromatic heterocycles. The highest BCUT2D eigenvalue weighted by Crippen LogP contribution is 2.32. The molecule has 5 aromatic rings. The van der Waals surface area contributed by atoms with Gasteiger partial charge in [-0.25, -0.2) is 14.0 Å². The number of nitrogens with zero attached hydrogens (tertiary/aromatic N) is 5. The molecule has 0 bridgehead atoms. The maximum Gasteiger partial charge on any atom is 0.330 e. The van der Waals surface area contributed by atoms with Gasteiger partial charge in [-0.2, -0.15) is 8.42 Å². The molecule has 0 saturated heterocycles. The fourth-order valence-corrected chi connectivity index (χ4v) is 7.85. The molecule has 0 atom stereocenters. The first kappa shape index (κ1) is 32.9. The van der Waals surface area contributed by atoms with E-state index in [0.717, 1.165) is 56.7 Å². The van der Waals surface area contributed by atoms with Crippen molar-refractivity contribution in [2.45, 2.75) is 44.9 Å². The van der Waals surface area contributed by atoms with Crippen molar-refractivity contribution >= 4 is 39.1 Å². The van der Waals surface area contributed by atoms with Crippen molar-refractivity contribution in [1.29, 1.82) is 0 Å². The summed E-state index contributed by atoms with van der Waals surface area (Å²) in [7, 11) is -3.91. The van der Waals surface area contributed by atoms with E-state index in [0.29, 0.717) is 40.3 Å². The Labute approximate surface area is 295 Å².